The average molecular weight is 1220 g/mol. The topological polar surface area (TPSA) is 479 Å². The van der Waals surface area contributed by atoms with Crippen molar-refractivity contribution in [1.29, 1.82) is 0 Å². The number of benzene rings is 1. The number of aromatic nitrogens is 1. The number of H-pyrrole nitrogens is 1. The second kappa shape index (κ2) is 33.2. The highest BCUT2D eigenvalue weighted by molar-refractivity contribution is 7.98. The Balaban J connectivity index is 1.82. The summed E-state index contributed by atoms with van der Waals surface area (Å²) >= 11 is 1.33. The molecule has 0 radical (unpaired) electrons. The van der Waals surface area contributed by atoms with Crippen LogP contribution in [0.25, 0.3) is 10.9 Å². The molecule has 0 aliphatic carbocycles. The Morgan fingerprint density at radius 1 is 0.893 bits per heavy atom. The first-order valence-corrected chi connectivity index (χ1v) is 29.8. The van der Waals surface area contributed by atoms with Gasteiger partial charge < -0.3 is 89.0 Å². The zero-order valence-corrected chi connectivity index (χ0v) is 49.0. The van der Waals surface area contributed by atoms with Crippen molar-refractivity contribution in [1.82, 2.24) is 52.4 Å². The van der Waals surface area contributed by atoms with Crippen molar-refractivity contribution in [2.24, 2.45) is 23.3 Å². The number of nitrogens with two attached hydrogens (primary N) is 2. The Morgan fingerprint density at radius 3 is 2.21 bits per heavy atom. The molecule has 4 rings (SSSR count). The van der Waals surface area contributed by atoms with Gasteiger partial charge in [-0.15, -0.1) is 0 Å². The van der Waals surface area contributed by atoms with Crippen LogP contribution in [0.15, 0.2) is 17.2 Å². The van der Waals surface area contributed by atoms with Crippen molar-refractivity contribution >= 4 is 104 Å². The highest BCUT2D eigenvalue weighted by Gasteiger charge is 2.45. The molecule has 3 heterocycles. The first kappa shape index (κ1) is 69.1. The normalized spacial score (nSPS) is 22.0. The minimum atomic E-state index is -2.49. The van der Waals surface area contributed by atoms with Gasteiger partial charge in [0.05, 0.1) is 67.4 Å². The number of ether oxygens (including phenoxy) is 1. The number of amides is 11. The van der Waals surface area contributed by atoms with Crippen LogP contribution in [0.1, 0.15) is 90.2 Å². The number of hydrogen-bond donors (Lipinski definition) is 15. The Hall–Kier alpha value is -7.42. The minimum absolute atomic E-state index is 0.0510. The molecule has 1 aromatic heterocycles. The number of thioether (sulfide) groups is 1. The molecule has 2 aromatic rings. The summed E-state index contributed by atoms with van der Waals surface area (Å²) in [5.41, 5.74) is 12.3. The van der Waals surface area contributed by atoms with Crippen LogP contribution in [0.5, 0.6) is 5.75 Å². The van der Waals surface area contributed by atoms with Crippen LogP contribution in [0, 0.1) is 11.8 Å². The van der Waals surface area contributed by atoms with Gasteiger partial charge in [0.1, 0.15) is 47.0 Å². The molecule has 11 atom stereocenters. The number of hydrogen-bond acceptors (Lipinski definition) is 18. The predicted octanol–water partition coefficient (Wildman–Crippen LogP) is -4.74. The van der Waals surface area contributed by atoms with Gasteiger partial charge in [0.25, 0.3) is 0 Å². The fourth-order valence-electron chi connectivity index (χ4n) is 9.24. The van der Waals surface area contributed by atoms with Gasteiger partial charge in [-0.05, 0) is 30.0 Å². The van der Waals surface area contributed by atoms with Gasteiger partial charge in [0, 0.05) is 80.1 Å². The predicted molar refractivity (Wildman–Crippen MR) is 302 cm³/mol. The summed E-state index contributed by atoms with van der Waals surface area (Å²) in [6.07, 6.45) is -4.62. The molecule has 2 aliphatic heterocycles. The van der Waals surface area contributed by atoms with Crippen molar-refractivity contribution < 1.29 is 86.9 Å². The van der Waals surface area contributed by atoms with E-state index in [4.69, 9.17) is 21.3 Å². The first-order valence-electron chi connectivity index (χ1n) is 27.3. The van der Waals surface area contributed by atoms with Crippen LogP contribution < -0.4 is 58.7 Å². The first-order chi connectivity index (χ1) is 39.7. The Labute approximate surface area is 490 Å². The number of fused-ring (bicyclic) bond motifs is 4. The van der Waals surface area contributed by atoms with Gasteiger partial charge in [-0.1, -0.05) is 34.1 Å². The van der Waals surface area contributed by atoms with E-state index in [1.165, 1.54) is 25.8 Å². The zero-order chi connectivity index (χ0) is 62.5. The fraction of sp³-hybridized carbons (Fsp3) is 0.615. The highest BCUT2D eigenvalue weighted by atomic mass is 32.2. The Bertz CT molecular complexity index is 2780. The van der Waals surface area contributed by atoms with Gasteiger partial charge >= 0.3 is 5.97 Å². The van der Waals surface area contributed by atoms with Crippen LogP contribution in [0.4, 0.5) is 0 Å². The molecule has 1 fully saturated rings. The number of carbonyl (C=O) groups is 12. The van der Waals surface area contributed by atoms with E-state index in [2.05, 4.69) is 47.5 Å². The zero-order valence-electron chi connectivity index (χ0n) is 47.4. The number of carboxylic acid groups (broad SMARTS) is 1. The Morgan fingerprint density at radius 2 is 1.58 bits per heavy atom. The highest BCUT2D eigenvalue weighted by Crippen LogP contribution is 2.36. The Kier molecular flexibility index (Phi) is 27.3. The molecular weight excluding hydrogens is 1140 g/mol. The number of rotatable bonds is 27. The van der Waals surface area contributed by atoms with Gasteiger partial charge in [0.2, 0.25) is 65.0 Å². The number of carbonyl (C=O) groups excluding carboxylic acids is 11. The van der Waals surface area contributed by atoms with Crippen molar-refractivity contribution in [2.75, 3.05) is 51.4 Å². The number of aromatic amines is 1. The third kappa shape index (κ3) is 19.9. The molecule has 0 saturated carbocycles. The maximum Gasteiger partial charge on any atom is 0.303 e. The van der Waals surface area contributed by atoms with E-state index in [0.717, 1.165) is 4.90 Å². The number of aliphatic hydroxyl groups is 3. The van der Waals surface area contributed by atoms with Gasteiger partial charge in [0.15, 0.2) is 0 Å². The van der Waals surface area contributed by atoms with Crippen molar-refractivity contribution in [2.45, 2.75) is 145 Å². The standard InChI is InChI=1S/C52H78N12O18S2/c1-6-25(3)43(61-38(69)7-2)49(78)57-20-41(72)58-33-24-84(81)51-29(28-10-11-36(82-5)30(45(28)63-51)23-83-16-15-56-39(70)9-8-14-55-40(71)12-13-42(73)74)18-31(46(54)75)59-50(79)44(26(4)35(67)22-65)62-48(77)34-17-27(66)21-64(34)52(80)32(19-37(53)68)60-47(33)76/h10-11,25-27,31-35,43-44,63,65-67H,6-9,12-24H2,1-5H3,(H2,53,68)(H2,54,75)(H,55,71)(H,56,70)(H,57,78)(H,58,72)(H,59,79)(H,60,76)(H,61,69)(H,62,77)(H,73,74)/t25-,26-,27+,31-,32-,33-,34-,35-,43-,44-,84?/m0/s1. The molecule has 0 spiro atoms. The van der Waals surface area contributed by atoms with E-state index in [-0.39, 0.29) is 78.3 Å². The molecule has 11 amide bonds. The molecular formula is C52H78N12O18S2. The second-order valence-electron chi connectivity index (χ2n) is 20.4. The molecule has 30 nitrogen and oxygen atoms in total. The maximum absolute atomic E-state index is 15.2. The molecule has 1 aromatic carbocycles. The molecule has 1 saturated heterocycles. The molecule has 466 valence electrons. The SMILES string of the molecule is CCC(=O)N[C@H](C(=O)NCC(=O)N[C@H]1CS(=O)c2[nH]c3c(CSCCNC(=O)CCCNC(=O)CCC(=O)O)c(OC)ccc3c2C[C@@H](C(N)=O)NC(=O)[C@H]([C@@H](C)[C@@H](O)CO)NC(=O)[C@@H]2C[C@@H](O)CN2C(=O)[C@H](CC(N)=O)NC1=O)[C@@H](C)CC. The molecule has 32 heteroatoms. The molecule has 1 unspecified atom stereocenters. The van der Waals surface area contributed by atoms with Crippen molar-refractivity contribution in [3.63, 3.8) is 0 Å². The number of aliphatic carboxylic acids is 1. The minimum Gasteiger partial charge on any atom is -0.496 e. The molecule has 84 heavy (non-hydrogen) atoms. The quantitative estimate of drug-likeness (QED) is 0.0374. The summed E-state index contributed by atoms with van der Waals surface area (Å²) in [6.45, 7) is 4.45. The summed E-state index contributed by atoms with van der Waals surface area (Å²) in [5, 5.41) is 60.6. The van der Waals surface area contributed by atoms with E-state index in [9.17, 15) is 72.9 Å². The van der Waals surface area contributed by atoms with Crippen LogP contribution in [-0.4, -0.2) is 205 Å². The number of carboxylic acids is 1. The van der Waals surface area contributed by atoms with Crippen molar-refractivity contribution in [3.8, 4) is 5.75 Å². The van der Waals surface area contributed by atoms with Gasteiger partial charge in [-0.3, -0.25) is 61.7 Å². The number of nitrogens with one attached hydrogen (secondary N) is 9. The lowest BCUT2D eigenvalue weighted by Crippen LogP contribution is -2.61. The number of primary amides is 2. The number of nitrogens with zero attached hydrogens (tertiary/aromatic N) is 1. The third-order valence-corrected chi connectivity index (χ3v) is 16.6. The lowest BCUT2D eigenvalue weighted by molar-refractivity contribution is -0.144. The molecule has 2 aliphatic rings. The van der Waals surface area contributed by atoms with E-state index in [0.29, 0.717) is 23.5 Å². The third-order valence-electron chi connectivity index (χ3n) is 14.2. The second-order valence-corrected chi connectivity index (χ2v) is 22.9. The summed E-state index contributed by atoms with van der Waals surface area (Å²) in [5.74, 6) is -12.7. The maximum atomic E-state index is 15.2. The van der Waals surface area contributed by atoms with Crippen molar-refractivity contribution in [3.05, 3.63) is 23.3 Å². The molecule has 0 bridgehead atoms. The smallest absolute Gasteiger partial charge is 0.303 e. The van der Waals surface area contributed by atoms with E-state index in [1.807, 2.05) is 0 Å². The van der Waals surface area contributed by atoms with Gasteiger partial charge in [-0.25, -0.2) is 0 Å². The lowest BCUT2D eigenvalue weighted by Gasteiger charge is -2.32. The fourth-order valence-corrected chi connectivity index (χ4v) is 11.5. The summed E-state index contributed by atoms with van der Waals surface area (Å²) in [7, 11) is -1.11. The number of methoxy groups -OCH3 is 1. The average Bonchev–Trinajstić information content (AvgIpc) is 3.37. The molecule has 17 N–H and O–H groups in total. The van der Waals surface area contributed by atoms with E-state index in [1.54, 1.807) is 32.9 Å². The van der Waals surface area contributed by atoms with Crippen LogP contribution in [0.2, 0.25) is 0 Å². The van der Waals surface area contributed by atoms with Gasteiger partial charge in [-0.2, -0.15) is 11.8 Å². The van der Waals surface area contributed by atoms with E-state index >= 15 is 4.21 Å². The summed E-state index contributed by atoms with van der Waals surface area (Å²) < 4.78 is 20.9. The van der Waals surface area contributed by atoms with E-state index < -0.39 is 181 Å². The van der Waals surface area contributed by atoms with Crippen LogP contribution >= 0.6 is 11.8 Å². The lowest BCUT2D eigenvalue weighted by atomic mass is 9.93. The van der Waals surface area contributed by atoms with Crippen LogP contribution in [-0.2, 0) is 80.5 Å². The largest absolute Gasteiger partial charge is 0.496 e. The van der Waals surface area contributed by atoms with Crippen LogP contribution in [0.3, 0.4) is 0 Å². The summed E-state index contributed by atoms with van der Waals surface area (Å²) in [6, 6.07) is -6.86. The summed E-state index contributed by atoms with van der Waals surface area (Å²) in [4.78, 5) is 163. The number of aliphatic hydroxyl groups excluding tert-OH is 3. The monoisotopic (exact) mass is 1220 g/mol.